The molecule has 164 valence electrons. The first-order chi connectivity index (χ1) is 14.5. The lowest BCUT2D eigenvalue weighted by Gasteiger charge is -2.20. The number of nitrogen functional groups attached to an aromatic ring is 1. The first-order valence-electron chi connectivity index (χ1n) is 9.73. The van der Waals surface area contributed by atoms with Gasteiger partial charge in [-0.25, -0.2) is 9.97 Å². The van der Waals surface area contributed by atoms with Crippen LogP contribution in [0.3, 0.4) is 0 Å². The number of aromatic nitrogens is 4. The monoisotopic (exact) mass is 417 g/mol. The molecule has 0 radical (unpaired) electrons. The van der Waals surface area contributed by atoms with Crippen molar-refractivity contribution in [1.29, 1.82) is 0 Å². The summed E-state index contributed by atoms with van der Waals surface area (Å²) in [6.07, 6.45) is 1.59. The molecule has 2 unspecified atom stereocenters. The number of nitrogens with two attached hydrogens (primary N) is 1. The highest BCUT2D eigenvalue weighted by atomic mass is 16.4. The Balaban J connectivity index is 0.00000231. The van der Waals surface area contributed by atoms with Crippen LogP contribution in [0.15, 0.2) is 34.9 Å². The molecule has 1 saturated heterocycles. The van der Waals surface area contributed by atoms with E-state index in [1.54, 1.807) is 6.20 Å². The van der Waals surface area contributed by atoms with Crippen molar-refractivity contribution in [2.24, 2.45) is 17.8 Å². The van der Waals surface area contributed by atoms with Crippen molar-refractivity contribution in [3.05, 3.63) is 36.0 Å². The number of rotatable bonds is 6. The summed E-state index contributed by atoms with van der Waals surface area (Å²) in [4.78, 5) is 22.0. The second kappa shape index (κ2) is 7.06. The van der Waals surface area contributed by atoms with Gasteiger partial charge in [0.05, 0.1) is 12.1 Å². The Bertz CT molecular complexity index is 1110. The van der Waals surface area contributed by atoms with Crippen LogP contribution < -0.4 is 16.0 Å². The lowest BCUT2D eigenvalue weighted by Crippen LogP contribution is -2.27. The van der Waals surface area contributed by atoms with Crippen LogP contribution in [0.4, 0.5) is 11.6 Å². The molecule has 10 nitrogen and oxygen atoms in total. The van der Waals surface area contributed by atoms with E-state index < -0.39 is 5.97 Å². The lowest BCUT2D eigenvalue weighted by atomic mass is 10.1. The van der Waals surface area contributed by atoms with Crippen LogP contribution in [0.25, 0.3) is 23.0 Å². The average Bonchev–Trinajstić information content (AvgIpc) is 3.09. The number of hydrogen-bond donors (Lipinski definition) is 3. The van der Waals surface area contributed by atoms with Crippen LogP contribution in [0, 0.1) is 17.8 Å². The van der Waals surface area contributed by atoms with Crippen molar-refractivity contribution in [1.82, 2.24) is 25.5 Å². The predicted octanol–water partition coefficient (Wildman–Crippen LogP) is 2.49. The van der Waals surface area contributed by atoms with Gasteiger partial charge in [-0.05, 0) is 36.6 Å². The molecule has 5 rings (SSSR count). The summed E-state index contributed by atoms with van der Waals surface area (Å²) in [5, 5.41) is 20.5. The standard InChI is InChI=1S/C20H21N7O3.5H2/c1-22-6-10-2-4-11(5-3-10)18-25-26-19(30-18)16-17(21)23-7-14(24-16)27-8-12-13(9-27)15(12)20(28)29;;;;;/h2-5,7,12-13,15,22H,6,8-9H2,1H3,(H2,21,23)(H,28,29);5*1H. The van der Waals surface area contributed by atoms with Gasteiger partial charge >= 0.3 is 5.97 Å². The topological polar surface area (TPSA) is 143 Å². The molecule has 1 aromatic carbocycles. The molecule has 1 saturated carbocycles. The summed E-state index contributed by atoms with van der Waals surface area (Å²) in [6.45, 7) is 2.07. The Morgan fingerprint density at radius 2 is 1.97 bits per heavy atom. The summed E-state index contributed by atoms with van der Waals surface area (Å²) < 4.78 is 5.82. The Kier molecular flexibility index (Phi) is 4.35. The maximum Gasteiger partial charge on any atom is 0.307 e. The number of benzene rings is 1. The summed E-state index contributed by atoms with van der Waals surface area (Å²) in [7, 11) is 1.90. The van der Waals surface area contributed by atoms with Crippen molar-refractivity contribution < 1.29 is 21.5 Å². The van der Waals surface area contributed by atoms with Gasteiger partial charge in [-0.3, -0.25) is 4.79 Å². The fraction of sp³-hybridized carbons (Fsp3) is 0.350. The number of nitrogens with one attached hydrogen (secondary N) is 1. The SMILES string of the molecule is CNCc1ccc(-c2nnc(-c3nc(N4CC5C(C4)C5C(=O)O)cnc3N)o2)cc1.[HH].[HH].[HH].[HH].[HH]. The minimum Gasteiger partial charge on any atom is -0.481 e. The molecule has 2 atom stereocenters. The third kappa shape index (κ3) is 3.14. The molecule has 0 amide bonds. The molecule has 1 aliphatic heterocycles. The molecular weight excluding hydrogens is 386 g/mol. The summed E-state index contributed by atoms with van der Waals surface area (Å²) in [5.41, 5.74) is 8.29. The van der Waals surface area contributed by atoms with E-state index in [-0.39, 0.29) is 36.6 Å². The van der Waals surface area contributed by atoms with Gasteiger partial charge in [0.15, 0.2) is 11.5 Å². The van der Waals surface area contributed by atoms with Crippen molar-refractivity contribution >= 4 is 17.6 Å². The Morgan fingerprint density at radius 1 is 1.27 bits per heavy atom. The van der Waals surface area contributed by atoms with E-state index in [1.807, 2.05) is 36.2 Å². The smallest absolute Gasteiger partial charge is 0.307 e. The Morgan fingerprint density at radius 3 is 2.63 bits per heavy atom. The van der Waals surface area contributed by atoms with Gasteiger partial charge in [0, 0.05) is 32.3 Å². The first kappa shape index (κ1) is 18.5. The number of fused-ring (bicyclic) bond motifs is 1. The molecule has 3 aromatic rings. The maximum atomic E-state index is 11.2. The zero-order chi connectivity index (χ0) is 20.8. The van der Waals surface area contributed by atoms with Gasteiger partial charge in [-0.1, -0.05) is 12.1 Å². The molecule has 4 N–H and O–H groups in total. The number of anilines is 2. The summed E-state index contributed by atoms with van der Waals surface area (Å²) in [6, 6.07) is 7.83. The average molecular weight is 418 g/mol. The molecule has 0 bridgehead atoms. The fourth-order valence-electron chi connectivity index (χ4n) is 4.18. The number of aliphatic carboxylic acids is 1. The third-order valence-corrected chi connectivity index (χ3v) is 5.80. The minimum absolute atomic E-state index is 0. The predicted molar refractivity (Wildman–Crippen MR) is 119 cm³/mol. The molecule has 2 aliphatic rings. The van der Waals surface area contributed by atoms with Crippen LogP contribution in [0.2, 0.25) is 0 Å². The van der Waals surface area contributed by atoms with Gasteiger partial charge in [0.1, 0.15) is 5.82 Å². The lowest BCUT2D eigenvalue weighted by molar-refractivity contribution is -0.139. The second-order valence-electron chi connectivity index (χ2n) is 7.70. The normalized spacial score (nSPS) is 22.2. The molecule has 1 aliphatic carbocycles. The zero-order valence-corrected chi connectivity index (χ0v) is 16.3. The van der Waals surface area contributed by atoms with E-state index in [2.05, 4.69) is 25.5 Å². The van der Waals surface area contributed by atoms with Crippen LogP contribution >= 0.6 is 0 Å². The largest absolute Gasteiger partial charge is 0.481 e. The molecule has 2 fully saturated rings. The number of nitrogens with zero attached hydrogens (tertiary/aromatic N) is 5. The number of carboxylic acids is 1. The van der Waals surface area contributed by atoms with Crippen molar-refractivity contribution in [3.63, 3.8) is 0 Å². The molecule has 2 aromatic heterocycles. The van der Waals surface area contributed by atoms with Crippen molar-refractivity contribution in [3.8, 4) is 23.0 Å². The molecule has 30 heavy (non-hydrogen) atoms. The zero-order valence-electron chi connectivity index (χ0n) is 16.3. The van der Waals surface area contributed by atoms with Crippen LogP contribution in [-0.2, 0) is 11.3 Å². The van der Waals surface area contributed by atoms with Gasteiger partial charge in [-0.15, -0.1) is 10.2 Å². The van der Waals surface area contributed by atoms with Gasteiger partial charge in [0.25, 0.3) is 5.89 Å². The van der Waals surface area contributed by atoms with Crippen molar-refractivity contribution in [2.45, 2.75) is 6.54 Å². The van der Waals surface area contributed by atoms with E-state index in [4.69, 9.17) is 10.2 Å². The number of carbonyl (C=O) groups is 1. The second-order valence-corrected chi connectivity index (χ2v) is 7.70. The number of carboxylic acid groups (broad SMARTS) is 1. The summed E-state index contributed by atoms with van der Waals surface area (Å²) >= 11 is 0. The van der Waals surface area contributed by atoms with Crippen LogP contribution in [0.5, 0.6) is 0 Å². The van der Waals surface area contributed by atoms with E-state index in [1.165, 1.54) is 0 Å². The third-order valence-electron chi connectivity index (χ3n) is 5.80. The minimum atomic E-state index is -0.717. The van der Waals surface area contributed by atoms with Gasteiger partial charge in [-0.2, -0.15) is 0 Å². The highest BCUT2D eigenvalue weighted by molar-refractivity contribution is 5.75. The molecule has 0 spiro atoms. The van der Waals surface area contributed by atoms with E-state index >= 15 is 0 Å². The number of piperidine rings is 1. The van der Waals surface area contributed by atoms with Crippen LogP contribution in [-0.4, -0.2) is 51.4 Å². The van der Waals surface area contributed by atoms with E-state index in [0.717, 1.165) is 17.7 Å². The molecule has 10 heteroatoms. The molecular formula is C20H31N7O3. The Hall–Kier alpha value is -3.53. The quantitative estimate of drug-likeness (QED) is 0.547. The van der Waals surface area contributed by atoms with E-state index in [9.17, 15) is 9.90 Å². The first-order valence-corrected chi connectivity index (χ1v) is 9.73. The molecule has 3 heterocycles. The highest BCUT2D eigenvalue weighted by Crippen LogP contribution is 2.52. The maximum absolute atomic E-state index is 11.2. The van der Waals surface area contributed by atoms with E-state index in [0.29, 0.717) is 30.5 Å². The fourth-order valence-corrected chi connectivity index (χ4v) is 4.18. The van der Waals surface area contributed by atoms with Crippen molar-refractivity contribution in [2.75, 3.05) is 30.8 Å². The number of hydrogen-bond acceptors (Lipinski definition) is 9. The van der Waals surface area contributed by atoms with Gasteiger partial charge < -0.3 is 25.5 Å². The highest BCUT2D eigenvalue weighted by Gasteiger charge is 2.60. The Labute approximate surface area is 179 Å². The van der Waals surface area contributed by atoms with Crippen LogP contribution in [0.1, 0.15) is 12.7 Å². The van der Waals surface area contributed by atoms with Gasteiger partial charge in [0.2, 0.25) is 5.89 Å². The summed E-state index contributed by atoms with van der Waals surface area (Å²) in [5.74, 6) is 0.796.